The van der Waals surface area contributed by atoms with Crippen molar-refractivity contribution in [1.82, 2.24) is 14.8 Å². The van der Waals surface area contributed by atoms with E-state index in [1.165, 1.54) is 22.2 Å². The zero-order valence-corrected chi connectivity index (χ0v) is 19.9. The fourth-order valence-electron chi connectivity index (χ4n) is 2.82. The van der Waals surface area contributed by atoms with E-state index in [0.717, 1.165) is 10.7 Å². The number of anilines is 1. The lowest BCUT2D eigenvalue weighted by molar-refractivity contribution is 0.871. The maximum absolute atomic E-state index is 9.55. The fraction of sp³-hybridized carbons (Fsp3) is 0.0952. The van der Waals surface area contributed by atoms with Gasteiger partial charge in [-0.2, -0.15) is 10.4 Å². The molecule has 0 fully saturated rings. The minimum absolute atomic E-state index is 0.212. The molecule has 0 N–H and O–H groups in total. The molecule has 0 aliphatic heterocycles. The van der Waals surface area contributed by atoms with Crippen LogP contribution in [0.3, 0.4) is 0 Å². The first-order chi connectivity index (χ1) is 15.4. The Morgan fingerprint density at radius 1 is 1.03 bits per heavy atom. The highest BCUT2D eigenvalue weighted by Gasteiger charge is 2.19. The number of aromatic nitrogens is 3. The molecule has 0 atom stereocenters. The summed E-state index contributed by atoms with van der Waals surface area (Å²) in [6, 6.07) is 14.5. The molecule has 0 radical (unpaired) electrons. The molecule has 7 nitrogen and oxygen atoms in total. The summed E-state index contributed by atoms with van der Waals surface area (Å²) in [4.78, 5) is 6.57. The third-order valence-corrected chi connectivity index (χ3v) is 6.32. The molecule has 160 valence electrons. The van der Waals surface area contributed by atoms with Gasteiger partial charge in [0.2, 0.25) is 0 Å². The van der Waals surface area contributed by atoms with Gasteiger partial charge in [-0.1, -0.05) is 64.3 Å². The standard InChI is InChI=1S/C21H14Cl3N7S/c1-30(2)21-27-17(12-6-8-14(22)9-7-12)20(32-21)29-28-19-13(10-25)11-26-31(19)18-15(23)4-3-5-16(18)24/h3-9,11H,1-2H3/b29-28+. The van der Waals surface area contributed by atoms with Crippen molar-refractivity contribution in [1.29, 1.82) is 5.26 Å². The van der Waals surface area contributed by atoms with Gasteiger partial charge in [0.05, 0.1) is 16.2 Å². The number of nitriles is 1. The van der Waals surface area contributed by atoms with E-state index in [1.807, 2.05) is 31.1 Å². The highest BCUT2D eigenvalue weighted by molar-refractivity contribution is 7.19. The van der Waals surface area contributed by atoms with E-state index in [4.69, 9.17) is 34.8 Å². The zero-order chi connectivity index (χ0) is 22.8. The molecule has 0 aliphatic carbocycles. The van der Waals surface area contributed by atoms with Crippen LogP contribution in [-0.4, -0.2) is 28.9 Å². The van der Waals surface area contributed by atoms with E-state index in [0.29, 0.717) is 31.5 Å². The van der Waals surface area contributed by atoms with Crippen molar-refractivity contribution in [3.8, 4) is 23.0 Å². The van der Waals surface area contributed by atoms with Crippen molar-refractivity contribution in [3.05, 3.63) is 69.3 Å². The lowest BCUT2D eigenvalue weighted by Gasteiger charge is -2.08. The highest BCUT2D eigenvalue weighted by Crippen LogP contribution is 2.41. The quantitative estimate of drug-likeness (QED) is 0.268. The molecule has 4 aromatic rings. The molecule has 2 aromatic carbocycles. The Morgan fingerprint density at radius 2 is 1.72 bits per heavy atom. The second kappa shape index (κ2) is 9.27. The van der Waals surface area contributed by atoms with Crippen LogP contribution in [0.5, 0.6) is 0 Å². The summed E-state index contributed by atoms with van der Waals surface area (Å²) in [6.45, 7) is 0. The van der Waals surface area contributed by atoms with Crippen LogP contribution in [0.25, 0.3) is 16.9 Å². The number of hydrogen-bond donors (Lipinski definition) is 0. The summed E-state index contributed by atoms with van der Waals surface area (Å²) in [7, 11) is 3.79. The Hall–Kier alpha value is -2.96. The van der Waals surface area contributed by atoms with Crippen LogP contribution < -0.4 is 4.90 Å². The molecular weight excluding hydrogens is 489 g/mol. The largest absolute Gasteiger partial charge is 0.354 e. The van der Waals surface area contributed by atoms with Crippen LogP contribution in [-0.2, 0) is 0 Å². The van der Waals surface area contributed by atoms with Gasteiger partial charge in [0, 0.05) is 24.7 Å². The van der Waals surface area contributed by atoms with Gasteiger partial charge in [-0.25, -0.2) is 9.67 Å². The molecule has 11 heteroatoms. The van der Waals surface area contributed by atoms with E-state index in [2.05, 4.69) is 26.4 Å². The van der Waals surface area contributed by atoms with Crippen LogP contribution in [0.1, 0.15) is 5.56 Å². The molecule has 32 heavy (non-hydrogen) atoms. The van der Waals surface area contributed by atoms with Gasteiger partial charge in [-0.15, -0.1) is 10.2 Å². The SMILES string of the molecule is CN(C)c1nc(-c2ccc(Cl)cc2)c(/N=N/c2c(C#N)cnn2-c2c(Cl)cccc2Cl)s1. The van der Waals surface area contributed by atoms with Gasteiger partial charge in [-0.05, 0) is 24.3 Å². The van der Waals surface area contributed by atoms with Crippen LogP contribution in [0.2, 0.25) is 15.1 Å². The fourth-order valence-corrected chi connectivity index (χ4v) is 4.34. The van der Waals surface area contributed by atoms with Gasteiger partial charge in [0.1, 0.15) is 23.0 Å². The lowest BCUT2D eigenvalue weighted by atomic mass is 10.2. The monoisotopic (exact) mass is 501 g/mol. The highest BCUT2D eigenvalue weighted by atomic mass is 35.5. The van der Waals surface area contributed by atoms with Gasteiger partial charge < -0.3 is 4.90 Å². The molecule has 4 rings (SSSR count). The van der Waals surface area contributed by atoms with E-state index in [1.54, 1.807) is 30.3 Å². The van der Waals surface area contributed by atoms with E-state index >= 15 is 0 Å². The third-order valence-electron chi connectivity index (χ3n) is 4.35. The number of thiazole rings is 1. The van der Waals surface area contributed by atoms with Crippen LogP contribution in [0, 0.1) is 11.3 Å². The maximum Gasteiger partial charge on any atom is 0.195 e. The van der Waals surface area contributed by atoms with Crippen molar-refractivity contribution < 1.29 is 0 Å². The topological polar surface area (TPSA) is 82.5 Å². The molecule has 2 aromatic heterocycles. The molecule has 0 saturated carbocycles. The van der Waals surface area contributed by atoms with Crippen LogP contribution >= 0.6 is 46.1 Å². The number of benzene rings is 2. The summed E-state index contributed by atoms with van der Waals surface area (Å²) < 4.78 is 1.41. The second-order valence-electron chi connectivity index (χ2n) is 6.73. The Bertz CT molecular complexity index is 1330. The molecule has 0 saturated heterocycles. The Labute approximate surface area is 203 Å². The molecule has 0 spiro atoms. The number of para-hydroxylation sites is 1. The minimum Gasteiger partial charge on any atom is -0.354 e. The van der Waals surface area contributed by atoms with Crippen molar-refractivity contribution in [2.75, 3.05) is 19.0 Å². The number of hydrogen-bond acceptors (Lipinski definition) is 7. The van der Waals surface area contributed by atoms with Crippen molar-refractivity contribution >= 4 is 62.1 Å². The van der Waals surface area contributed by atoms with Crippen LogP contribution in [0.15, 0.2) is 58.9 Å². The zero-order valence-electron chi connectivity index (χ0n) is 16.8. The normalized spacial score (nSPS) is 11.1. The number of halogens is 3. The Kier molecular flexibility index (Phi) is 6.44. The molecule has 2 heterocycles. The summed E-state index contributed by atoms with van der Waals surface area (Å²) >= 11 is 20.1. The number of nitrogens with zero attached hydrogens (tertiary/aromatic N) is 7. The Morgan fingerprint density at radius 3 is 2.34 bits per heavy atom. The summed E-state index contributed by atoms with van der Waals surface area (Å²) in [5, 5.41) is 25.3. The second-order valence-corrected chi connectivity index (χ2v) is 8.93. The minimum atomic E-state index is 0.212. The van der Waals surface area contributed by atoms with Gasteiger partial charge in [0.15, 0.2) is 16.0 Å². The summed E-state index contributed by atoms with van der Waals surface area (Å²) in [5.74, 6) is 0.212. The first-order valence-electron chi connectivity index (χ1n) is 9.17. The third kappa shape index (κ3) is 4.33. The molecule has 0 amide bonds. The molecule has 0 unspecified atom stereocenters. The molecule has 0 bridgehead atoms. The average Bonchev–Trinajstić information content (AvgIpc) is 3.37. The average molecular weight is 503 g/mol. The van der Waals surface area contributed by atoms with E-state index < -0.39 is 0 Å². The van der Waals surface area contributed by atoms with Crippen molar-refractivity contribution in [2.24, 2.45) is 10.2 Å². The van der Waals surface area contributed by atoms with Crippen molar-refractivity contribution in [2.45, 2.75) is 0 Å². The van der Waals surface area contributed by atoms with Gasteiger partial charge in [0.25, 0.3) is 0 Å². The van der Waals surface area contributed by atoms with Gasteiger partial charge in [-0.3, -0.25) is 0 Å². The van der Waals surface area contributed by atoms with E-state index in [9.17, 15) is 5.26 Å². The predicted octanol–water partition coefficient (Wildman–Crippen LogP) is 7.31. The van der Waals surface area contributed by atoms with Crippen LogP contribution in [0.4, 0.5) is 16.0 Å². The first-order valence-corrected chi connectivity index (χ1v) is 11.1. The van der Waals surface area contributed by atoms with E-state index in [-0.39, 0.29) is 11.4 Å². The summed E-state index contributed by atoms with van der Waals surface area (Å²) in [5.41, 5.74) is 2.15. The lowest BCUT2D eigenvalue weighted by Crippen LogP contribution is -2.07. The molecule has 0 aliphatic rings. The van der Waals surface area contributed by atoms with Gasteiger partial charge >= 0.3 is 0 Å². The first kappa shape index (κ1) is 22.2. The Balaban J connectivity index is 1.83. The molecular formula is C21H14Cl3N7S. The number of rotatable bonds is 5. The summed E-state index contributed by atoms with van der Waals surface area (Å²) in [6.07, 6.45) is 1.39. The number of azo groups is 1. The van der Waals surface area contributed by atoms with Crippen molar-refractivity contribution in [3.63, 3.8) is 0 Å². The predicted molar refractivity (Wildman–Crippen MR) is 129 cm³/mol. The smallest absolute Gasteiger partial charge is 0.195 e. The maximum atomic E-state index is 9.55.